The van der Waals surface area contributed by atoms with Crippen LogP contribution in [0.3, 0.4) is 0 Å². The first-order valence-corrected chi connectivity index (χ1v) is 8.48. The molecule has 1 N–H and O–H groups in total. The smallest absolute Gasteiger partial charge is 0.294 e. The Labute approximate surface area is 149 Å². The molecule has 0 unspecified atom stereocenters. The fourth-order valence-electron chi connectivity index (χ4n) is 2.38. The van der Waals surface area contributed by atoms with Gasteiger partial charge in [0, 0.05) is 25.1 Å². The molecule has 1 aliphatic rings. The van der Waals surface area contributed by atoms with E-state index in [0.29, 0.717) is 10.6 Å². The zero-order chi connectivity index (χ0) is 18.0. The van der Waals surface area contributed by atoms with Crippen LogP contribution in [0.1, 0.15) is 11.1 Å². The molecule has 0 bridgehead atoms. The summed E-state index contributed by atoms with van der Waals surface area (Å²) in [7, 11) is 1.87. The number of thioether (sulfide) groups is 1. The highest BCUT2D eigenvalue weighted by molar-refractivity contribution is 8.18. The molecule has 0 spiro atoms. The first-order valence-electron chi connectivity index (χ1n) is 7.66. The number of hydrogen-bond donors (Lipinski definition) is 1. The van der Waals surface area contributed by atoms with E-state index in [9.17, 15) is 14.4 Å². The van der Waals surface area contributed by atoms with Crippen LogP contribution in [0.4, 0.5) is 10.5 Å². The molecule has 1 saturated heterocycles. The number of carbonyl (C=O) groups excluding carboxylic acids is 3. The number of nitrogens with one attached hydrogen (secondary N) is 1. The third-order valence-corrected chi connectivity index (χ3v) is 4.57. The molecule has 7 heteroatoms. The Balaban J connectivity index is 1.67. The van der Waals surface area contributed by atoms with Gasteiger partial charge in [0.15, 0.2) is 0 Å². The fourth-order valence-corrected chi connectivity index (χ4v) is 3.22. The second-order valence-corrected chi connectivity index (χ2v) is 6.79. The highest BCUT2D eigenvalue weighted by Crippen LogP contribution is 2.32. The molecule has 1 aliphatic heterocycles. The maximum atomic E-state index is 12.4. The summed E-state index contributed by atoms with van der Waals surface area (Å²) in [6.45, 7) is 1.65. The molecule has 1 fully saturated rings. The van der Waals surface area contributed by atoms with Crippen LogP contribution in [-0.4, -0.2) is 33.1 Å². The Morgan fingerprint density at radius 2 is 1.92 bits per heavy atom. The van der Waals surface area contributed by atoms with Crippen molar-refractivity contribution >= 4 is 40.6 Å². The molecule has 0 atom stereocenters. The molecule has 6 nitrogen and oxygen atoms in total. The minimum Gasteiger partial charge on any atom is -0.357 e. The van der Waals surface area contributed by atoms with Gasteiger partial charge in [-0.25, -0.2) is 0 Å². The van der Waals surface area contributed by atoms with E-state index in [1.165, 1.54) is 0 Å². The number of aromatic nitrogens is 1. The van der Waals surface area contributed by atoms with Gasteiger partial charge in [-0.1, -0.05) is 17.7 Å². The van der Waals surface area contributed by atoms with Gasteiger partial charge in [-0.2, -0.15) is 0 Å². The summed E-state index contributed by atoms with van der Waals surface area (Å²) >= 11 is 0.845. The van der Waals surface area contributed by atoms with Gasteiger partial charge < -0.3 is 9.88 Å². The van der Waals surface area contributed by atoms with Crippen molar-refractivity contribution in [2.24, 2.45) is 7.05 Å². The number of benzene rings is 1. The molecule has 0 saturated carbocycles. The van der Waals surface area contributed by atoms with E-state index in [-0.39, 0.29) is 6.54 Å². The predicted molar refractivity (Wildman–Crippen MR) is 97.9 cm³/mol. The average Bonchev–Trinajstić information content (AvgIpc) is 3.08. The third-order valence-electron chi connectivity index (χ3n) is 3.66. The first-order chi connectivity index (χ1) is 11.9. The Kier molecular flexibility index (Phi) is 4.76. The van der Waals surface area contributed by atoms with Crippen LogP contribution in [0.5, 0.6) is 0 Å². The Bertz CT molecular complexity index is 868. The number of imide groups is 1. The van der Waals surface area contributed by atoms with E-state index in [2.05, 4.69) is 5.32 Å². The van der Waals surface area contributed by atoms with Crippen LogP contribution in [0.15, 0.2) is 47.6 Å². The van der Waals surface area contributed by atoms with Crippen LogP contribution in [0, 0.1) is 6.92 Å². The van der Waals surface area contributed by atoms with Crippen molar-refractivity contribution in [1.29, 1.82) is 0 Å². The summed E-state index contributed by atoms with van der Waals surface area (Å²) in [6.07, 6.45) is 5.35. The molecule has 1 aromatic heterocycles. The van der Waals surface area contributed by atoms with Crippen molar-refractivity contribution in [1.82, 2.24) is 9.47 Å². The van der Waals surface area contributed by atoms with Crippen molar-refractivity contribution < 1.29 is 14.4 Å². The van der Waals surface area contributed by atoms with Crippen LogP contribution < -0.4 is 5.32 Å². The van der Waals surface area contributed by atoms with Crippen LogP contribution in [-0.2, 0) is 16.6 Å². The monoisotopic (exact) mass is 355 g/mol. The van der Waals surface area contributed by atoms with E-state index in [1.54, 1.807) is 18.2 Å². The van der Waals surface area contributed by atoms with Gasteiger partial charge in [-0.05, 0) is 48.5 Å². The topological polar surface area (TPSA) is 71.4 Å². The quantitative estimate of drug-likeness (QED) is 0.856. The van der Waals surface area contributed by atoms with E-state index in [1.807, 2.05) is 49.1 Å². The maximum Gasteiger partial charge on any atom is 0.294 e. The standard InChI is InChI=1S/C18H17N3O3S/c1-12-3-5-14(6-4-12)19-16(22)11-21-17(23)15(25-18(21)24)9-13-7-8-20(2)10-13/h3-10H,11H2,1-2H3,(H,19,22)/b15-9+. The van der Waals surface area contributed by atoms with Crippen molar-refractivity contribution in [2.45, 2.75) is 6.92 Å². The van der Waals surface area contributed by atoms with Gasteiger partial charge in [-0.3, -0.25) is 19.3 Å². The summed E-state index contributed by atoms with van der Waals surface area (Å²) in [5, 5.41) is 2.25. The molecule has 2 heterocycles. The van der Waals surface area contributed by atoms with Crippen molar-refractivity contribution in [3.05, 3.63) is 58.8 Å². The van der Waals surface area contributed by atoms with E-state index in [0.717, 1.165) is 27.8 Å². The Hall–Kier alpha value is -2.80. The summed E-state index contributed by atoms with van der Waals surface area (Å²) in [4.78, 5) is 37.9. The van der Waals surface area contributed by atoms with Crippen molar-refractivity contribution in [3.63, 3.8) is 0 Å². The zero-order valence-electron chi connectivity index (χ0n) is 13.9. The van der Waals surface area contributed by atoms with Crippen LogP contribution in [0.2, 0.25) is 0 Å². The largest absolute Gasteiger partial charge is 0.357 e. The lowest BCUT2D eigenvalue weighted by Crippen LogP contribution is -2.36. The van der Waals surface area contributed by atoms with Gasteiger partial charge in [0.05, 0.1) is 4.91 Å². The minimum atomic E-state index is -0.446. The molecule has 128 valence electrons. The minimum absolute atomic E-state index is 0.301. The molecular formula is C18H17N3O3S. The number of hydrogen-bond acceptors (Lipinski definition) is 4. The zero-order valence-corrected chi connectivity index (χ0v) is 14.7. The van der Waals surface area contributed by atoms with Crippen LogP contribution in [0.25, 0.3) is 6.08 Å². The summed E-state index contributed by atoms with van der Waals surface area (Å²) in [5.74, 6) is -0.856. The van der Waals surface area contributed by atoms with Crippen LogP contribution >= 0.6 is 11.8 Å². The lowest BCUT2D eigenvalue weighted by molar-refractivity contribution is -0.127. The van der Waals surface area contributed by atoms with Crippen molar-refractivity contribution in [2.75, 3.05) is 11.9 Å². The average molecular weight is 355 g/mol. The summed E-state index contributed by atoms with van der Waals surface area (Å²) < 4.78 is 1.85. The number of aryl methyl sites for hydroxylation is 2. The van der Waals surface area contributed by atoms with Gasteiger partial charge in [-0.15, -0.1) is 0 Å². The van der Waals surface area contributed by atoms with E-state index < -0.39 is 17.1 Å². The molecule has 0 aliphatic carbocycles. The molecule has 3 rings (SSSR count). The maximum absolute atomic E-state index is 12.4. The normalized spacial score (nSPS) is 15.9. The molecule has 3 amide bonds. The molecule has 25 heavy (non-hydrogen) atoms. The van der Waals surface area contributed by atoms with Gasteiger partial charge in [0.2, 0.25) is 5.91 Å². The number of amides is 3. The number of nitrogens with zero attached hydrogens (tertiary/aromatic N) is 2. The lowest BCUT2D eigenvalue weighted by Gasteiger charge is -2.12. The Morgan fingerprint density at radius 1 is 1.20 bits per heavy atom. The lowest BCUT2D eigenvalue weighted by atomic mass is 10.2. The SMILES string of the molecule is Cc1ccc(NC(=O)CN2C(=O)S/C(=C/c3ccn(C)c3)C2=O)cc1. The molecule has 2 aromatic rings. The third kappa shape index (κ3) is 4.00. The highest BCUT2D eigenvalue weighted by atomic mass is 32.2. The van der Waals surface area contributed by atoms with Gasteiger partial charge in [0.25, 0.3) is 11.1 Å². The van der Waals surface area contributed by atoms with Gasteiger partial charge in [0.1, 0.15) is 6.54 Å². The first kappa shape index (κ1) is 17.0. The molecular weight excluding hydrogens is 338 g/mol. The van der Waals surface area contributed by atoms with Gasteiger partial charge >= 0.3 is 0 Å². The van der Waals surface area contributed by atoms with Crippen molar-refractivity contribution in [3.8, 4) is 0 Å². The fraction of sp³-hybridized carbons (Fsp3) is 0.167. The predicted octanol–water partition coefficient (Wildman–Crippen LogP) is 3.01. The second-order valence-electron chi connectivity index (χ2n) is 5.79. The number of anilines is 1. The Morgan fingerprint density at radius 3 is 2.56 bits per heavy atom. The summed E-state index contributed by atoms with van der Waals surface area (Å²) in [6, 6.07) is 9.14. The molecule has 0 radical (unpaired) electrons. The number of rotatable bonds is 4. The molecule has 1 aromatic carbocycles. The van der Waals surface area contributed by atoms with E-state index in [4.69, 9.17) is 0 Å². The second kappa shape index (κ2) is 6.98. The highest BCUT2D eigenvalue weighted by Gasteiger charge is 2.36. The van der Waals surface area contributed by atoms with E-state index >= 15 is 0 Å². The number of carbonyl (C=O) groups is 3. The summed E-state index contributed by atoms with van der Waals surface area (Å²) in [5.41, 5.74) is 2.54.